The number of hydrogen-bond donors (Lipinski definition) is 0. The second-order valence-corrected chi connectivity index (χ2v) is 6.34. The van der Waals surface area contributed by atoms with Crippen LogP contribution < -0.4 is 0 Å². The third-order valence-corrected chi connectivity index (χ3v) is 4.89. The van der Waals surface area contributed by atoms with Crippen LogP contribution in [0.3, 0.4) is 0 Å². The van der Waals surface area contributed by atoms with Crippen molar-refractivity contribution >= 4 is 11.3 Å². The number of thiophene rings is 1. The molecule has 0 radical (unpaired) electrons. The predicted molar refractivity (Wildman–Crippen MR) is 83.8 cm³/mol. The van der Waals surface area contributed by atoms with E-state index in [4.69, 9.17) is 8.94 Å². The maximum absolute atomic E-state index is 5.52. The standard InChI is InChI=1S/C17H19NO2S/c1-12-7-9-19-16(12)5-6-17-14(8-10-21-17)3-4-15-13(2)11-20-18-15/h7-11H,3-6H2,1-2H3. The third kappa shape index (κ3) is 3.27. The number of hydrogen-bond acceptors (Lipinski definition) is 4. The van der Waals surface area contributed by atoms with Crippen LogP contribution in [0.1, 0.15) is 33.0 Å². The molecule has 0 aromatic carbocycles. The van der Waals surface area contributed by atoms with Crippen molar-refractivity contribution < 1.29 is 8.94 Å². The van der Waals surface area contributed by atoms with Gasteiger partial charge in [-0.05, 0) is 61.7 Å². The minimum Gasteiger partial charge on any atom is -0.469 e. The summed E-state index contributed by atoms with van der Waals surface area (Å²) in [6.07, 6.45) is 7.45. The van der Waals surface area contributed by atoms with Crippen LogP contribution in [-0.4, -0.2) is 5.16 Å². The van der Waals surface area contributed by atoms with Gasteiger partial charge in [0.05, 0.1) is 12.0 Å². The Bertz CT molecular complexity index is 649. The van der Waals surface area contributed by atoms with Crippen molar-refractivity contribution in [1.29, 1.82) is 0 Å². The second-order valence-electron chi connectivity index (χ2n) is 5.34. The van der Waals surface area contributed by atoms with Gasteiger partial charge >= 0.3 is 0 Å². The van der Waals surface area contributed by atoms with Crippen LogP contribution in [0, 0.1) is 13.8 Å². The van der Waals surface area contributed by atoms with Crippen molar-refractivity contribution in [1.82, 2.24) is 5.16 Å². The van der Waals surface area contributed by atoms with Gasteiger partial charge in [0.15, 0.2) is 0 Å². The quantitative estimate of drug-likeness (QED) is 0.672. The van der Waals surface area contributed by atoms with Gasteiger partial charge < -0.3 is 8.94 Å². The number of rotatable bonds is 6. The number of aryl methyl sites for hydroxylation is 6. The molecule has 0 amide bonds. The van der Waals surface area contributed by atoms with Gasteiger partial charge in [0.1, 0.15) is 12.0 Å². The normalized spacial score (nSPS) is 11.1. The zero-order valence-electron chi connectivity index (χ0n) is 12.4. The van der Waals surface area contributed by atoms with Gasteiger partial charge in [-0.3, -0.25) is 0 Å². The summed E-state index contributed by atoms with van der Waals surface area (Å²) >= 11 is 1.83. The second kappa shape index (κ2) is 6.31. The van der Waals surface area contributed by atoms with Gasteiger partial charge in [0, 0.05) is 16.9 Å². The van der Waals surface area contributed by atoms with E-state index in [1.807, 2.05) is 24.3 Å². The summed E-state index contributed by atoms with van der Waals surface area (Å²) < 4.78 is 10.5. The molecule has 0 saturated carbocycles. The van der Waals surface area contributed by atoms with E-state index in [9.17, 15) is 0 Å². The smallest absolute Gasteiger partial charge is 0.126 e. The highest BCUT2D eigenvalue weighted by Crippen LogP contribution is 2.22. The van der Waals surface area contributed by atoms with Crippen molar-refractivity contribution in [2.45, 2.75) is 39.5 Å². The van der Waals surface area contributed by atoms with E-state index in [-0.39, 0.29) is 0 Å². The fourth-order valence-electron chi connectivity index (χ4n) is 2.50. The first-order chi connectivity index (χ1) is 10.2. The molecule has 0 spiro atoms. The summed E-state index contributed by atoms with van der Waals surface area (Å²) in [5.41, 5.74) is 4.87. The average Bonchev–Trinajstić information content (AvgIpc) is 3.17. The molecule has 3 heterocycles. The Kier molecular flexibility index (Phi) is 4.25. The highest BCUT2D eigenvalue weighted by molar-refractivity contribution is 7.10. The summed E-state index contributed by atoms with van der Waals surface area (Å²) in [5, 5.41) is 6.23. The van der Waals surface area contributed by atoms with Crippen LogP contribution in [-0.2, 0) is 25.7 Å². The minimum atomic E-state index is 0.936. The Morgan fingerprint density at radius 1 is 1.05 bits per heavy atom. The number of nitrogens with zero attached hydrogens (tertiary/aromatic N) is 1. The van der Waals surface area contributed by atoms with E-state index in [0.29, 0.717) is 0 Å². The fourth-order valence-corrected chi connectivity index (χ4v) is 3.44. The summed E-state index contributed by atoms with van der Waals surface area (Å²) in [4.78, 5) is 1.45. The van der Waals surface area contributed by atoms with Crippen molar-refractivity contribution in [2.75, 3.05) is 0 Å². The molecule has 0 saturated heterocycles. The lowest BCUT2D eigenvalue weighted by atomic mass is 10.0. The van der Waals surface area contributed by atoms with Gasteiger partial charge in [-0.1, -0.05) is 5.16 Å². The summed E-state index contributed by atoms with van der Waals surface area (Å²) in [6.45, 7) is 4.14. The highest BCUT2D eigenvalue weighted by atomic mass is 32.1. The molecule has 0 atom stereocenters. The van der Waals surface area contributed by atoms with Crippen molar-refractivity contribution in [3.8, 4) is 0 Å². The monoisotopic (exact) mass is 301 g/mol. The molecule has 0 aliphatic carbocycles. The SMILES string of the molecule is Cc1conc1CCc1ccsc1CCc1occc1C. The molecule has 0 N–H and O–H groups in total. The van der Waals surface area contributed by atoms with E-state index in [0.717, 1.165) is 42.7 Å². The maximum Gasteiger partial charge on any atom is 0.126 e. The predicted octanol–water partition coefficient (Wildman–Crippen LogP) is 4.52. The van der Waals surface area contributed by atoms with Gasteiger partial charge in [-0.15, -0.1) is 11.3 Å². The first kappa shape index (κ1) is 14.1. The first-order valence-electron chi connectivity index (χ1n) is 7.22. The zero-order valence-corrected chi connectivity index (χ0v) is 13.2. The molecule has 4 heteroatoms. The third-order valence-electron chi connectivity index (χ3n) is 3.86. The van der Waals surface area contributed by atoms with Crippen LogP contribution in [0.4, 0.5) is 0 Å². The van der Waals surface area contributed by atoms with Crippen LogP contribution in [0.5, 0.6) is 0 Å². The molecule has 110 valence electrons. The van der Waals surface area contributed by atoms with E-state index in [2.05, 4.69) is 23.5 Å². The Balaban J connectivity index is 1.61. The van der Waals surface area contributed by atoms with Gasteiger partial charge in [-0.2, -0.15) is 0 Å². The lowest BCUT2D eigenvalue weighted by Crippen LogP contribution is -1.97. The van der Waals surface area contributed by atoms with Crippen molar-refractivity contribution in [2.24, 2.45) is 0 Å². The lowest BCUT2D eigenvalue weighted by molar-refractivity contribution is 0.411. The van der Waals surface area contributed by atoms with Crippen molar-refractivity contribution in [3.63, 3.8) is 0 Å². The molecular weight excluding hydrogens is 282 g/mol. The van der Waals surface area contributed by atoms with E-state index >= 15 is 0 Å². The average molecular weight is 301 g/mol. The largest absolute Gasteiger partial charge is 0.469 e. The van der Waals surface area contributed by atoms with Crippen LogP contribution >= 0.6 is 11.3 Å². The van der Waals surface area contributed by atoms with Crippen LogP contribution in [0.2, 0.25) is 0 Å². The van der Waals surface area contributed by atoms with Crippen LogP contribution in [0.25, 0.3) is 0 Å². The lowest BCUT2D eigenvalue weighted by Gasteiger charge is -2.03. The Morgan fingerprint density at radius 3 is 2.67 bits per heavy atom. The first-order valence-corrected chi connectivity index (χ1v) is 8.10. The zero-order chi connectivity index (χ0) is 14.7. The maximum atomic E-state index is 5.52. The van der Waals surface area contributed by atoms with E-state index < -0.39 is 0 Å². The molecule has 0 unspecified atom stereocenters. The number of furan rings is 1. The van der Waals surface area contributed by atoms with Crippen molar-refractivity contribution in [3.05, 3.63) is 63.1 Å². The molecule has 3 aromatic heterocycles. The van der Waals surface area contributed by atoms with E-state index in [1.165, 1.54) is 16.0 Å². The fraction of sp³-hybridized carbons (Fsp3) is 0.353. The molecular formula is C17H19NO2S. The number of aromatic nitrogens is 1. The van der Waals surface area contributed by atoms with Gasteiger partial charge in [-0.25, -0.2) is 0 Å². The molecule has 3 aromatic rings. The Labute approximate surface area is 128 Å². The van der Waals surface area contributed by atoms with Gasteiger partial charge in [0.2, 0.25) is 0 Å². The topological polar surface area (TPSA) is 39.2 Å². The van der Waals surface area contributed by atoms with Crippen LogP contribution in [0.15, 0.2) is 39.0 Å². The molecule has 0 fully saturated rings. The molecule has 0 aliphatic heterocycles. The highest BCUT2D eigenvalue weighted by Gasteiger charge is 2.10. The molecule has 0 aliphatic rings. The van der Waals surface area contributed by atoms with Gasteiger partial charge in [0.25, 0.3) is 0 Å². The summed E-state index contributed by atoms with van der Waals surface area (Å²) in [7, 11) is 0. The Morgan fingerprint density at radius 2 is 1.95 bits per heavy atom. The summed E-state index contributed by atoms with van der Waals surface area (Å²) in [6, 6.07) is 4.25. The molecule has 3 nitrogen and oxygen atoms in total. The molecule has 3 rings (SSSR count). The molecule has 0 bridgehead atoms. The minimum absolute atomic E-state index is 0.936. The Hall–Kier alpha value is -1.81. The summed E-state index contributed by atoms with van der Waals surface area (Å²) in [5.74, 6) is 1.10. The van der Waals surface area contributed by atoms with E-state index in [1.54, 1.807) is 12.5 Å². The molecule has 21 heavy (non-hydrogen) atoms.